The van der Waals surface area contributed by atoms with Gasteiger partial charge in [0.25, 0.3) is 0 Å². The molecular formula is C16H21Cl2NO2. The minimum atomic E-state index is -0.236. The van der Waals surface area contributed by atoms with Crippen molar-refractivity contribution in [1.82, 2.24) is 4.90 Å². The smallest absolute Gasteiger partial charge is 0.181 e. The molecule has 1 atom stereocenters. The normalized spacial score (nSPS) is 16.8. The Morgan fingerprint density at radius 1 is 1.43 bits per heavy atom. The van der Waals surface area contributed by atoms with Crippen LogP contribution in [-0.2, 0) is 0 Å². The van der Waals surface area contributed by atoms with Crippen molar-refractivity contribution < 1.29 is 9.90 Å². The van der Waals surface area contributed by atoms with Crippen LogP contribution in [0.5, 0.6) is 0 Å². The SMILES string of the molecule is CC(C(=O)c1ccc(Cl)cc1Cl)N(CCCO)C1CCC1. The Labute approximate surface area is 135 Å². The second-order valence-electron chi connectivity index (χ2n) is 5.56. The summed E-state index contributed by atoms with van der Waals surface area (Å²) in [7, 11) is 0. The standard InChI is InChI=1S/C16H21Cl2NO2/c1-11(19(8-3-9-20)13-4-2-5-13)16(21)14-7-6-12(17)10-15(14)18/h6-7,10-11,13,20H,2-5,8-9H2,1H3. The third-order valence-electron chi connectivity index (χ3n) is 4.19. The van der Waals surface area contributed by atoms with Crippen LogP contribution in [0.15, 0.2) is 18.2 Å². The molecule has 1 aliphatic carbocycles. The van der Waals surface area contributed by atoms with Crippen molar-refractivity contribution in [1.29, 1.82) is 0 Å². The third-order valence-corrected chi connectivity index (χ3v) is 4.74. The Hall–Kier alpha value is -0.610. The fraction of sp³-hybridized carbons (Fsp3) is 0.562. The maximum Gasteiger partial charge on any atom is 0.181 e. The highest BCUT2D eigenvalue weighted by Gasteiger charge is 2.32. The van der Waals surface area contributed by atoms with E-state index in [2.05, 4.69) is 4.90 Å². The molecule has 3 nitrogen and oxygen atoms in total. The zero-order valence-corrected chi connectivity index (χ0v) is 13.7. The molecule has 2 rings (SSSR count). The van der Waals surface area contributed by atoms with Crippen LogP contribution >= 0.6 is 23.2 Å². The van der Waals surface area contributed by atoms with Crippen LogP contribution in [0, 0.1) is 0 Å². The highest BCUT2D eigenvalue weighted by atomic mass is 35.5. The Kier molecular flexibility index (Phi) is 6.06. The quantitative estimate of drug-likeness (QED) is 0.773. The summed E-state index contributed by atoms with van der Waals surface area (Å²) in [5.41, 5.74) is 0.516. The van der Waals surface area contributed by atoms with E-state index in [-0.39, 0.29) is 18.4 Å². The molecule has 5 heteroatoms. The summed E-state index contributed by atoms with van der Waals surface area (Å²) in [5, 5.41) is 9.98. The molecule has 1 aromatic rings. The number of carbonyl (C=O) groups excluding carboxylic acids is 1. The van der Waals surface area contributed by atoms with Crippen molar-refractivity contribution >= 4 is 29.0 Å². The van der Waals surface area contributed by atoms with Gasteiger partial charge in [-0.15, -0.1) is 0 Å². The maximum atomic E-state index is 12.7. The molecule has 0 bridgehead atoms. The second kappa shape index (κ2) is 7.59. The molecule has 0 spiro atoms. The van der Waals surface area contributed by atoms with Gasteiger partial charge in [0.15, 0.2) is 5.78 Å². The summed E-state index contributed by atoms with van der Waals surface area (Å²) in [5.74, 6) is 0.0153. The van der Waals surface area contributed by atoms with E-state index < -0.39 is 0 Å². The van der Waals surface area contributed by atoms with Crippen LogP contribution in [0.2, 0.25) is 10.0 Å². The van der Waals surface area contributed by atoms with Crippen molar-refractivity contribution in [3.8, 4) is 0 Å². The van der Waals surface area contributed by atoms with Crippen LogP contribution in [0.4, 0.5) is 0 Å². The summed E-state index contributed by atoms with van der Waals surface area (Å²) < 4.78 is 0. The molecule has 116 valence electrons. The van der Waals surface area contributed by atoms with E-state index in [1.807, 2.05) is 6.92 Å². The molecule has 1 fully saturated rings. The fourth-order valence-electron chi connectivity index (χ4n) is 2.73. The van der Waals surface area contributed by atoms with Crippen molar-refractivity contribution in [3.63, 3.8) is 0 Å². The molecule has 1 aromatic carbocycles. The predicted octanol–water partition coefficient (Wildman–Crippen LogP) is 3.80. The highest BCUT2D eigenvalue weighted by molar-refractivity contribution is 6.37. The van der Waals surface area contributed by atoms with Gasteiger partial charge in [-0.05, 0) is 44.4 Å². The Balaban J connectivity index is 2.14. The molecule has 0 saturated heterocycles. The van der Waals surface area contributed by atoms with E-state index in [0.29, 0.717) is 28.1 Å². The van der Waals surface area contributed by atoms with Crippen molar-refractivity contribution in [3.05, 3.63) is 33.8 Å². The minimum Gasteiger partial charge on any atom is -0.396 e. The molecule has 0 heterocycles. The minimum absolute atomic E-state index is 0.0153. The number of Topliss-reactive ketones (excluding diaryl/α,β-unsaturated/α-hetero) is 1. The highest BCUT2D eigenvalue weighted by Crippen LogP contribution is 2.29. The molecule has 1 N–H and O–H groups in total. The summed E-state index contributed by atoms with van der Waals surface area (Å²) >= 11 is 12.0. The largest absolute Gasteiger partial charge is 0.396 e. The topological polar surface area (TPSA) is 40.5 Å². The average Bonchev–Trinajstić information content (AvgIpc) is 2.39. The number of ketones is 1. The van der Waals surface area contributed by atoms with E-state index in [4.69, 9.17) is 28.3 Å². The van der Waals surface area contributed by atoms with Gasteiger partial charge in [-0.25, -0.2) is 0 Å². The van der Waals surface area contributed by atoms with Gasteiger partial charge in [-0.3, -0.25) is 9.69 Å². The summed E-state index contributed by atoms with van der Waals surface area (Å²) in [6.45, 7) is 2.80. The number of hydrogen-bond acceptors (Lipinski definition) is 3. The third kappa shape index (κ3) is 3.98. The van der Waals surface area contributed by atoms with Gasteiger partial charge in [-0.1, -0.05) is 29.6 Å². The van der Waals surface area contributed by atoms with E-state index in [1.165, 1.54) is 6.42 Å². The fourth-order valence-corrected chi connectivity index (χ4v) is 3.23. The zero-order valence-electron chi connectivity index (χ0n) is 12.2. The lowest BCUT2D eigenvalue weighted by Crippen LogP contribution is -2.49. The first-order chi connectivity index (χ1) is 10.0. The van der Waals surface area contributed by atoms with E-state index in [9.17, 15) is 4.79 Å². The van der Waals surface area contributed by atoms with Crippen molar-refractivity contribution in [2.24, 2.45) is 0 Å². The average molecular weight is 330 g/mol. The van der Waals surface area contributed by atoms with E-state index >= 15 is 0 Å². The van der Waals surface area contributed by atoms with Gasteiger partial charge in [-0.2, -0.15) is 0 Å². The summed E-state index contributed by atoms with van der Waals surface area (Å²) in [6.07, 6.45) is 4.14. The Morgan fingerprint density at radius 2 is 2.14 bits per heavy atom. The molecule has 0 aromatic heterocycles. The van der Waals surface area contributed by atoms with Crippen molar-refractivity contribution in [2.45, 2.75) is 44.7 Å². The predicted molar refractivity (Wildman–Crippen MR) is 86.3 cm³/mol. The number of hydrogen-bond donors (Lipinski definition) is 1. The lowest BCUT2D eigenvalue weighted by atomic mass is 9.89. The van der Waals surface area contributed by atoms with Gasteiger partial charge < -0.3 is 5.11 Å². The van der Waals surface area contributed by atoms with Gasteiger partial charge in [0.05, 0.1) is 11.1 Å². The lowest BCUT2D eigenvalue weighted by molar-refractivity contribution is 0.0585. The molecule has 21 heavy (non-hydrogen) atoms. The van der Waals surface area contributed by atoms with Crippen LogP contribution in [0.3, 0.4) is 0 Å². The number of nitrogens with zero attached hydrogens (tertiary/aromatic N) is 1. The van der Waals surface area contributed by atoms with Gasteiger partial charge >= 0.3 is 0 Å². The first-order valence-electron chi connectivity index (χ1n) is 7.40. The van der Waals surface area contributed by atoms with Crippen LogP contribution < -0.4 is 0 Å². The number of carbonyl (C=O) groups is 1. The lowest BCUT2D eigenvalue weighted by Gasteiger charge is -2.40. The second-order valence-corrected chi connectivity index (χ2v) is 6.41. The number of benzene rings is 1. The number of aliphatic hydroxyl groups excluding tert-OH is 1. The zero-order chi connectivity index (χ0) is 15.4. The summed E-state index contributed by atoms with van der Waals surface area (Å²) in [4.78, 5) is 14.9. The Bertz CT molecular complexity index is 503. The van der Waals surface area contributed by atoms with Crippen molar-refractivity contribution in [2.75, 3.05) is 13.2 Å². The number of halogens is 2. The molecule has 0 aliphatic heterocycles. The van der Waals surface area contributed by atoms with Gasteiger partial charge in [0, 0.05) is 29.8 Å². The molecule has 1 unspecified atom stereocenters. The number of aliphatic hydroxyl groups is 1. The van der Waals surface area contributed by atoms with Crippen LogP contribution in [0.25, 0.3) is 0 Å². The van der Waals surface area contributed by atoms with E-state index in [1.54, 1.807) is 18.2 Å². The van der Waals surface area contributed by atoms with Crippen LogP contribution in [-0.4, -0.2) is 41.0 Å². The van der Waals surface area contributed by atoms with Gasteiger partial charge in [0.1, 0.15) is 0 Å². The number of rotatable bonds is 7. The van der Waals surface area contributed by atoms with E-state index in [0.717, 1.165) is 19.4 Å². The molecule has 1 aliphatic rings. The molecule has 1 saturated carbocycles. The first kappa shape index (κ1) is 16.8. The van der Waals surface area contributed by atoms with Crippen LogP contribution in [0.1, 0.15) is 43.0 Å². The molecule has 0 radical (unpaired) electrons. The summed E-state index contributed by atoms with van der Waals surface area (Å²) in [6, 6.07) is 5.19. The van der Waals surface area contributed by atoms with Gasteiger partial charge in [0.2, 0.25) is 0 Å². The first-order valence-corrected chi connectivity index (χ1v) is 8.16. The maximum absolute atomic E-state index is 12.7. The molecule has 0 amide bonds. The monoisotopic (exact) mass is 329 g/mol. The Morgan fingerprint density at radius 3 is 2.67 bits per heavy atom. The molecular weight excluding hydrogens is 309 g/mol.